The predicted molar refractivity (Wildman–Crippen MR) is 91.4 cm³/mol. The van der Waals surface area contributed by atoms with Crippen LogP contribution in [0, 0.1) is 0 Å². The molecule has 1 heterocycles. The summed E-state index contributed by atoms with van der Waals surface area (Å²) >= 11 is 4.99. The lowest BCUT2D eigenvalue weighted by Gasteiger charge is -2.07. The molecule has 1 amide bonds. The smallest absolute Gasteiger partial charge is 0.224 e. The highest BCUT2D eigenvalue weighted by Gasteiger charge is 2.05. The fourth-order valence-corrected chi connectivity index (χ4v) is 2.70. The Hall–Kier alpha value is -1.53. The molecule has 0 saturated carbocycles. The van der Waals surface area contributed by atoms with Gasteiger partial charge in [0.05, 0.1) is 16.4 Å². The van der Waals surface area contributed by atoms with Crippen molar-refractivity contribution in [3.05, 3.63) is 47.1 Å². The maximum absolute atomic E-state index is 11.8. The Morgan fingerprint density at radius 1 is 1.29 bits per heavy atom. The fraction of sp³-hybridized carbons (Fsp3) is 0.200. The van der Waals surface area contributed by atoms with Crippen LogP contribution in [0.3, 0.4) is 0 Å². The number of para-hydroxylation sites is 2. The highest BCUT2D eigenvalue weighted by atomic mass is 79.9. The fourth-order valence-electron chi connectivity index (χ4n) is 1.68. The van der Waals surface area contributed by atoms with Crippen LogP contribution in [0.15, 0.2) is 52.1 Å². The molecule has 0 bridgehead atoms. The van der Waals surface area contributed by atoms with E-state index in [4.69, 9.17) is 5.73 Å². The zero-order chi connectivity index (χ0) is 15.1. The van der Waals surface area contributed by atoms with Crippen LogP contribution in [0.5, 0.6) is 0 Å². The minimum Gasteiger partial charge on any atom is -0.397 e. The van der Waals surface area contributed by atoms with Crippen LogP contribution >= 0.6 is 27.7 Å². The summed E-state index contributed by atoms with van der Waals surface area (Å²) in [5.41, 5.74) is 7.03. The summed E-state index contributed by atoms with van der Waals surface area (Å²) in [6.45, 7) is 0. The largest absolute Gasteiger partial charge is 0.397 e. The molecule has 1 aromatic carbocycles. The molecule has 0 spiro atoms. The number of pyridine rings is 1. The average molecular weight is 366 g/mol. The maximum atomic E-state index is 11.8. The molecular weight excluding hydrogens is 350 g/mol. The van der Waals surface area contributed by atoms with Crippen molar-refractivity contribution in [2.75, 3.05) is 16.8 Å². The quantitative estimate of drug-likeness (QED) is 0.462. The molecule has 2 rings (SSSR count). The minimum atomic E-state index is -0.0164. The van der Waals surface area contributed by atoms with Gasteiger partial charge in [-0.05, 0) is 52.4 Å². The number of nitrogens with one attached hydrogen (secondary N) is 1. The highest BCUT2D eigenvalue weighted by molar-refractivity contribution is 9.10. The first kappa shape index (κ1) is 15.9. The second-order valence-corrected chi connectivity index (χ2v) is 6.43. The molecule has 0 aliphatic heterocycles. The first-order valence-corrected chi connectivity index (χ1v) is 8.32. The van der Waals surface area contributed by atoms with E-state index in [0.717, 1.165) is 21.7 Å². The molecule has 4 nitrogen and oxygen atoms in total. The average Bonchev–Trinajstić information content (AvgIpc) is 2.48. The standard InChI is InChI=1S/C15H16BrN3OS/c16-11-7-8-15(18-10-11)21-9-3-6-14(20)19-13-5-2-1-4-12(13)17/h1-2,4-5,7-8,10H,3,6,9,17H2,(H,19,20). The van der Waals surface area contributed by atoms with E-state index in [2.05, 4.69) is 26.2 Å². The van der Waals surface area contributed by atoms with Crippen molar-refractivity contribution < 1.29 is 4.79 Å². The van der Waals surface area contributed by atoms with Crippen LogP contribution in [-0.4, -0.2) is 16.6 Å². The number of nitrogen functional groups attached to an aromatic ring is 1. The molecule has 21 heavy (non-hydrogen) atoms. The Bertz CT molecular complexity index is 604. The number of hydrogen-bond acceptors (Lipinski definition) is 4. The third kappa shape index (κ3) is 5.40. The number of thioether (sulfide) groups is 1. The van der Waals surface area contributed by atoms with Crippen molar-refractivity contribution in [1.29, 1.82) is 0 Å². The second kappa shape index (κ2) is 8.05. The van der Waals surface area contributed by atoms with E-state index < -0.39 is 0 Å². The molecule has 0 atom stereocenters. The van der Waals surface area contributed by atoms with Gasteiger partial charge in [0.15, 0.2) is 0 Å². The van der Waals surface area contributed by atoms with Gasteiger partial charge in [-0.1, -0.05) is 12.1 Å². The second-order valence-electron chi connectivity index (χ2n) is 4.40. The molecule has 0 saturated heterocycles. The zero-order valence-corrected chi connectivity index (χ0v) is 13.8. The highest BCUT2D eigenvalue weighted by Crippen LogP contribution is 2.20. The molecular formula is C15H16BrN3OS. The molecule has 6 heteroatoms. The molecule has 0 fully saturated rings. The van der Waals surface area contributed by atoms with E-state index >= 15 is 0 Å². The maximum Gasteiger partial charge on any atom is 0.224 e. The van der Waals surface area contributed by atoms with E-state index in [1.807, 2.05) is 24.3 Å². The molecule has 0 unspecified atom stereocenters. The Balaban J connectivity index is 1.70. The number of nitrogens with two attached hydrogens (primary N) is 1. The number of anilines is 2. The van der Waals surface area contributed by atoms with Gasteiger partial charge in [-0.25, -0.2) is 4.98 Å². The van der Waals surface area contributed by atoms with E-state index in [0.29, 0.717) is 17.8 Å². The molecule has 110 valence electrons. The monoisotopic (exact) mass is 365 g/mol. The Kier molecular flexibility index (Phi) is 6.07. The van der Waals surface area contributed by atoms with Crippen LogP contribution in [0.2, 0.25) is 0 Å². The number of hydrogen-bond donors (Lipinski definition) is 2. The van der Waals surface area contributed by atoms with Crippen molar-refractivity contribution in [3.63, 3.8) is 0 Å². The molecule has 2 aromatic rings. The van der Waals surface area contributed by atoms with E-state index in [-0.39, 0.29) is 5.91 Å². The summed E-state index contributed by atoms with van der Waals surface area (Å²) in [5.74, 6) is 0.837. The van der Waals surface area contributed by atoms with E-state index in [1.165, 1.54) is 0 Å². The van der Waals surface area contributed by atoms with Gasteiger partial charge >= 0.3 is 0 Å². The van der Waals surface area contributed by atoms with E-state index in [9.17, 15) is 4.79 Å². The lowest BCUT2D eigenvalue weighted by molar-refractivity contribution is -0.116. The van der Waals surface area contributed by atoms with Crippen LogP contribution in [-0.2, 0) is 4.79 Å². The van der Waals surface area contributed by atoms with Gasteiger partial charge in [0, 0.05) is 17.1 Å². The molecule has 1 aromatic heterocycles. The van der Waals surface area contributed by atoms with Crippen molar-refractivity contribution in [2.24, 2.45) is 0 Å². The van der Waals surface area contributed by atoms with Gasteiger partial charge in [0.25, 0.3) is 0 Å². The van der Waals surface area contributed by atoms with Gasteiger partial charge in [-0.15, -0.1) is 11.8 Å². The summed E-state index contributed by atoms with van der Waals surface area (Å²) < 4.78 is 0.965. The summed E-state index contributed by atoms with van der Waals surface area (Å²) in [7, 11) is 0. The number of amides is 1. The van der Waals surface area contributed by atoms with E-state index in [1.54, 1.807) is 30.1 Å². The van der Waals surface area contributed by atoms with Crippen LogP contribution in [0.25, 0.3) is 0 Å². The summed E-state index contributed by atoms with van der Waals surface area (Å²) in [5, 5.41) is 3.79. The van der Waals surface area contributed by atoms with Gasteiger partial charge in [-0.2, -0.15) is 0 Å². The Morgan fingerprint density at radius 2 is 2.10 bits per heavy atom. The number of aromatic nitrogens is 1. The topological polar surface area (TPSA) is 68.0 Å². The minimum absolute atomic E-state index is 0.0164. The Labute approximate surface area is 136 Å². The van der Waals surface area contributed by atoms with Crippen LogP contribution in [0.1, 0.15) is 12.8 Å². The van der Waals surface area contributed by atoms with Crippen molar-refractivity contribution in [1.82, 2.24) is 4.98 Å². The SMILES string of the molecule is Nc1ccccc1NC(=O)CCCSc1ccc(Br)cn1. The van der Waals surface area contributed by atoms with Crippen molar-refractivity contribution in [3.8, 4) is 0 Å². The van der Waals surface area contributed by atoms with Crippen molar-refractivity contribution >= 4 is 45.0 Å². The van der Waals surface area contributed by atoms with Gasteiger partial charge in [-0.3, -0.25) is 4.79 Å². The zero-order valence-electron chi connectivity index (χ0n) is 11.4. The number of rotatable bonds is 6. The molecule has 0 radical (unpaired) electrons. The number of carbonyl (C=O) groups is 1. The normalized spacial score (nSPS) is 10.3. The molecule has 0 aliphatic carbocycles. The van der Waals surface area contributed by atoms with Crippen LogP contribution in [0.4, 0.5) is 11.4 Å². The first-order valence-electron chi connectivity index (χ1n) is 6.54. The van der Waals surface area contributed by atoms with Gasteiger partial charge < -0.3 is 11.1 Å². The van der Waals surface area contributed by atoms with Crippen molar-refractivity contribution in [2.45, 2.75) is 17.9 Å². The first-order chi connectivity index (χ1) is 10.1. The van der Waals surface area contributed by atoms with Crippen LogP contribution < -0.4 is 11.1 Å². The summed E-state index contributed by atoms with van der Waals surface area (Å²) in [6.07, 6.45) is 3.03. The predicted octanol–water partition coefficient (Wildman–Crippen LogP) is 3.94. The van der Waals surface area contributed by atoms with Gasteiger partial charge in [0.2, 0.25) is 5.91 Å². The molecule has 0 aliphatic rings. The Morgan fingerprint density at radius 3 is 2.81 bits per heavy atom. The third-order valence-electron chi connectivity index (χ3n) is 2.73. The number of carbonyl (C=O) groups excluding carboxylic acids is 1. The molecule has 3 N–H and O–H groups in total. The van der Waals surface area contributed by atoms with Gasteiger partial charge in [0.1, 0.15) is 0 Å². The summed E-state index contributed by atoms with van der Waals surface area (Å²) in [4.78, 5) is 16.1. The number of halogens is 1. The lowest BCUT2D eigenvalue weighted by Crippen LogP contribution is -2.12. The number of benzene rings is 1. The summed E-state index contributed by atoms with van der Waals surface area (Å²) in [6, 6.07) is 11.2. The number of nitrogens with zero attached hydrogens (tertiary/aromatic N) is 1. The third-order valence-corrected chi connectivity index (χ3v) is 4.23. The lowest BCUT2D eigenvalue weighted by atomic mass is 10.2.